The van der Waals surface area contributed by atoms with Crippen molar-refractivity contribution in [1.82, 2.24) is 0 Å². The topological polar surface area (TPSA) is 243 Å². The van der Waals surface area contributed by atoms with Crippen LogP contribution in [0.3, 0.4) is 0 Å². The monoisotopic (exact) mass is 814 g/mol. The van der Waals surface area contributed by atoms with E-state index in [1.54, 1.807) is 0 Å². The Kier molecular flexibility index (Phi) is 12.9. The minimum Gasteiger partial charge on any atom is -0.508 e. The van der Waals surface area contributed by atoms with Crippen molar-refractivity contribution in [2.24, 2.45) is 0 Å². The van der Waals surface area contributed by atoms with E-state index in [2.05, 4.69) is 0 Å². The van der Waals surface area contributed by atoms with Gasteiger partial charge in [0.05, 0.1) is 6.61 Å². The van der Waals surface area contributed by atoms with Gasteiger partial charge >= 0.3 is 11.9 Å². The number of hydrogen-bond acceptors (Lipinski definition) is 16. The van der Waals surface area contributed by atoms with Crippen LogP contribution in [0.4, 0.5) is 0 Å². The van der Waals surface area contributed by atoms with Gasteiger partial charge in [0.1, 0.15) is 45.8 Å². The summed E-state index contributed by atoms with van der Waals surface area (Å²) in [6.07, 6.45) is -1.89. The lowest BCUT2D eigenvalue weighted by molar-refractivity contribution is -0.286. The van der Waals surface area contributed by atoms with E-state index in [1.807, 2.05) is 6.26 Å². The number of thioether (sulfide) groups is 1. The van der Waals surface area contributed by atoms with E-state index in [0.29, 0.717) is 28.9 Å². The van der Waals surface area contributed by atoms with E-state index in [9.17, 15) is 50.1 Å². The van der Waals surface area contributed by atoms with Crippen LogP contribution in [0.1, 0.15) is 16.7 Å². The largest absolute Gasteiger partial charge is 0.508 e. The molecule has 0 spiro atoms. The summed E-state index contributed by atoms with van der Waals surface area (Å²) >= 11 is 1.53. The van der Waals surface area contributed by atoms with E-state index < -0.39 is 77.3 Å². The number of aromatic hydroxyl groups is 5. The summed E-state index contributed by atoms with van der Waals surface area (Å²) in [6, 6.07) is 18.0. The van der Waals surface area contributed by atoms with Crippen LogP contribution in [0.5, 0.6) is 34.5 Å². The third-order valence-corrected chi connectivity index (χ3v) is 9.60. The Morgan fingerprint density at radius 2 is 1.36 bits per heavy atom. The van der Waals surface area contributed by atoms with Gasteiger partial charge in [0, 0.05) is 29.8 Å². The number of phenols is 5. The Morgan fingerprint density at radius 1 is 0.759 bits per heavy atom. The van der Waals surface area contributed by atoms with Crippen molar-refractivity contribution in [2.45, 2.75) is 37.1 Å². The molecule has 0 amide bonds. The number of aliphatic hydroxyl groups excluding tert-OH is 2. The summed E-state index contributed by atoms with van der Waals surface area (Å²) < 4.78 is 29.4. The quantitative estimate of drug-likeness (QED) is 0.0634. The number of benzene rings is 4. The minimum absolute atomic E-state index is 0.00278. The Labute approximate surface area is 334 Å². The van der Waals surface area contributed by atoms with Crippen LogP contribution >= 0.6 is 11.8 Å². The van der Waals surface area contributed by atoms with Crippen LogP contribution in [0, 0.1) is 0 Å². The first-order valence-corrected chi connectivity index (χ1v) is 19.0. The molecule has 1 aliphatic rings. The zero-order chi connectivity index (χ0) is 41.5. The lowest BCUT2D eigenvalue weighted by Gasteiger charge is -2.42. The molecule has 58 heavy (non-hydrogen) atoms. The fourth-order valence-electron chi connectivity index (χ4n) is 6.13. The number of rotatable bonds is 13. The molecule has 15 nitrogen and oxygen atoms in total. The van der Waals surface area contributed by atoms with Crippen LogP contribution in [0.25, 0.3) is 34.4 Å². The molecule has 1 aromatic heterocycles. The van der Waals surface area contributed by atoms with Crippen molar-refractivity contribution in [3.8, 4) is 45.8 Å². The molecular formula is C42H38O15S. The molecule has 16 heteroatoms. The maximum absolute atomic E-state index is 14.3. The summed E-state index contributed by atoms with van der Waals surface area (Å²) in [5, 5.41) is 72.1. The van der Waals surface area contributed by atoms with Crippen LogP contribution in [-0.4, -0.2) is 97.0 Å². The minimum atomic E-state index is -2.06. The summed E-state index contributed by atoms with van der Waals surface area (Å²) in [5.41, 5.74) is 0.416. The molecule has 1 fully saturated rings. The Morgan fingerprint density at radius 3 is 1.95 bits per heavy atom. The molecule has 7 N–H and O–H groups in total. The second-order valence-electron chi connectivity index (χ2n) is 13.0. The Hall–Kier alpha value is -6.46. The van der Waals surface area contributed by atoms with Gasteiger partial charge in [-0.15, -0.1) is 0 Å². The molecule has 0 bridgehead atoms. The van der Waals surface area contributed by atoms with E-state index in [4.69, 9.17) is 23.4 Å². The second-order valence-corrected chi connectivity index (χ2v) is 14.0. The number of esters is 2. The normalized spacial score (nSPS) is 19.4. The number of aryl methyl sites for hydroxylation is 1. The highest BCUT2D eigenvalue weighted by Crippen LogP contribution is 2.39. The molecular weight excluding hydrogens is 777 g/mol. The average molecular weight is 815 g/mol. The van der Waals surface area contributed by atoms with Gasteiger partial charge in [-0.05, 0) is 89.7 Å². The van der Waals surface area contributed by atoms with Crippen LogP contribution in [0.15, 0.2) is 100 Å². The number of carbonyl (C=O) groups is 2. The van der Waals surface area contributed by atoms with Gasteiger partial charge < -0.3 is 59.1 Å². The molecule has 302 valence electrons. The molecule has 0 radical (unpaired) electrons. The molecule has 0 aliphatic carbocycles. The first-order valence-electron chi connectivity index (χ1n) is 17.7. The third kappa shape index (κ3) is 9.55. The fraction of sp³-hybridized carbons (Fsp3) is 0.214. The summed E-state index contributed by atoms with van der Waals surface area (Å²) in [6.45, 7) is -0.853. The van der Waals surface area contributed by atoms with Crippen molar-refractivity contribution < 1.29 is 68.7 Å². The summed E-state index contributed by atoms with van der Waals surface area (Å²) in [4.78, 5) is 41.0. The number of phenolic OH excluding ortho intramolecular Hbond substituents is 5. The summed E-state index contributed by atoms with van der Waals surface area (Å²) in [7, 11) is 0. The first-order chi connectivity index (χ1) is 27.8. The van der Waals surface area contributed by atoms with Gasteiger partial charge in [-0.2, -0.15) is 11.8 Å². The number of fused-ring (bicyclic) bond motifs is 1. The van der Waals surface area contributed by atoms with Crippen LogP contribution in [-0.2, 0) is 30.2 Å². The SMILES string of the molecule is CSCCc1cc(-c2oc3cc(O)cc(O)c3c(=O)c2O[C@@H]2[C@H](OC(=O)/C=C/c3ccc(O)cc3)[C@@H](OC(=O)/C=C/c3ccc(O)cc3)[C@H](CO)O[C@H]2O)ccc1O. The van der Waals surface area contributed by atoms with Gasteiger partial charge in [-0.25, -0.2) is 9.59 Å². The predicted molar refractivity (Wildman–Crippen MR) is 211 cm³/mol. The maximum atomic E-state index is 14.3. The van der Waals surface area contributed by atoms with E-state index in [1.165, 1.54) is 90.6 Å². The van der Waals surface area contributed by atoms with Gasteiger partial charge in [-0.3, -0.25) is 4.79 Å². The predicted octanol–water partition coefficient (Wildman–Crippen LogP) is 4.60. The first kappa shape index (κ1) is 41.2. The van der Waals surface area contributed by atoms with Crippen molar-refractivity contribution in [3.63, 3.8) is 0 Å². The molecule has 1 saturated heterocycles. The molecule has 4 aromatic carbocycles. The fourth-order valence-corrected chi connectivity index (χ4v) is 6.55. The van der Waals surface area contributed by atoms with E-state index in [-0.39, 0.29) is 34.2 Å². The number of carbonyl (C=O) groups excluding carboxylic acids is 2. The number of ether oxygens (including phenoxy) is 4. The zero-order valence-electron chi connectivity index (χ0n) is 30.6. The highest BCUT2D eigenvalue weighted by molar-refractivity contribution is 7.98. The Bertz CT molecular complexity index is 2390. The van der Waals surface area contributed by atoms with Crippen molar-refractivity contribution in [3.05, 3.63) is 118 Å². The highest BCUT2D eigenvalue weighted by atomic mass is 32.2. The number of hydrogen-bond donors (Lipinski definition) is 7. The summed E-state index contributed by atoms with van der Waals surface area (Å²) in [5.74, 6) is -3.51. The second kappa shape index (κ2) is 18.2. The van der Waals surface area contributed by atoms with E-state index in [0.717, 1.165) is 24.3 Å². The molecule has 5 atom stereocenters. The molecule has 0 unspecified atom stereocenters. The van der Waals surface area contributed by atoms with Crippen molar-refractivity contribution in [2.75, 3.05) is 18.6 Å². The lowest BCUT2D eigenvalue weighted by atomic mass is 9.98. The maximum Gasteiger partial charge on any atom is 0.331 e. The van der Waals surface area contributed by atoms with Gasteiger partial charge in [0.25, 0.3) is 0 Å². The lowest BCUT2D eigenvalue weighted by Crippen LogP contribution is -2.63. The van der Waals surface area contributed by atoms with E-state index >= 15 is 0 Å². The van der Waals surface area contributed by atoms with Crippen LogP contribution in [0.2, 0.25) is 0 Å². The van der Waals surface area contributed by atoms with Crippen molar-refractivity contribution in [1.29, 1.82) is 0 Å². The van der Waals surface area contributed by atoms with Gasteiger partial charge in [-0.1, -0.05) is 24.3 Å². The molecule has 5 aromatic rings. The Balaban J connectivity index is 1.44. The molecule has 2 heterocycles. The third-order valence-electron chi connectivity index (χ3n) is 8.99. The zero-order valence-corrected chi connectivity index (χ0v) is 31.4. The average Bonchev–Trinajstić information content (AvgIpc) is 3.19. The smallest absolute Gasteiger partial charge is 0.331 e. The van der Waals surface area contributed by atoms with Gasteiger partial charge in [0.2, 0.25) is 11.2 Å². The van der Waals surface area contributed by atoms with Crippen LogP contribution < -0.4 is 10.2 Å². The van der Waals surface area contributed by atoms with Gasteiger partial charge in [0.15, 0.2) is 30.4 Å². The molecule has 6 rings (SSSR count). The standard InChI is InChI=1S/C42H38O15S/c1-58-17-16-24-18-25(8-13-29(24)47)37-39(36(51)35-30(48)19-28(46)20-31(35)53-37)57-41-40(56-34(50)15-7-23-4-11-27(45)12-5-23)38(32(21-43)54-42(41)52)55-33(49)14-6-22-2-9-26(44)10-3-22/h2-15,18-20,32,38,40-48,52H,16-17,21H2,1H3/b14-6+,15-7+/t32-,38-,40+,41+,42+/m0/s1. The number of aliphatic hydroxyl groups is 2. The van der Waals surface area contributed by atoms with Crippen molar-refractivity contribution >= 4 is 46.8 Å². The molecule has 1 aliphatic heterocycles. The molecule has 0 saturated carbocycles. The highest BCUT2D eigenvalue weighted by Gasteiger charge is 2.51.